The number of ether oxygens (including phenoxy) is 6. The van der Waals surface area contributed by atoms with Crippen molar-refractivity contribution < 1.29 is 38.0 Å². The molecular weight excluding hydrogens is 993 g/mol. The first kappa shape index (κ1) is 61.4. The molecule has 14 heteroatoms. The normalized spacial score (nSPS) is 12.7. The van der Waals surface area contributed by atoms with Crippen molar-refractivity contribution in [1.29, 1.82) is 0 Å². The van der Waals surface area contributed by atoms with Gasteiger partial charge >= 0.3 is 0 Å². The number of nitrogens with zero attached hydrogens (tertiary/aromatic N) is 2. The molecule has 1 aliphatic rings. The molecule has 0 aliphatic heterocycles. The van der Waals surface area contributed by atoms with E-state index >= 15 is 0 Å². The predicted octanol–water partition coefficient (Wildman–Crippen LogP) is 11.6. The Labute approximate surface area is 464 Å². The largest absolute Gasteiger partial charge is 0.491 e. The standard InChI is InChI=1S/C62H84N4O8S2/c1-59(2,3)49-29-41-25-45-33-51(61(7,8)9)35-47(57(45)73-37-53(67)65-19-15-17-63-39-75)27-43-31-50(60(4,5)6)32-44(56(43)72-24-22-70-14)28-48-36-52(62(10,11)12)34-46(26-42(30-49)55(41)71-23-21-69-13)58(48)74-38-54(68)66-20-16-18-64-40-76/h29-36H,15-28,37-38H2,1-14H3,(H,65,67)(H,66,68). The zero-order valence-electron chi connectivity index (χ0n) is 47.9. The number of hydrogen-bond donors (Lipinski definition) is 2. The third-order valence-electron chi connectivity index (χ3n) is 13.4. The Kier molecular flexibility index (Phi) is 22.4. The highest BCUT2D eigenvalue weighted by Crippen LogP contribution is 2.44. The van der Waals surface area contributed by atoms with Crippen LogP contribution in [0.25, 0.3) is 0 Å². The molecule has 4 aromatic carbocycles. The van der Waals surface area contributed by atoms with E-state index in [9.17, 15) is 9.59 Å². The zero-order chi connectivity index (χ0) is 55.8. The summed E-state index contributed by atoms with van der Waals surface area (Å²) in [6.07, 6.45) is 2.91. The number of rotatable bonds is 22. The molecule has 1 aliphatic carbocycles. The quantitative estimate of drug-likeness (QED) is 0.0391. The molecule has 0 fully saturated rings. The summed E-state index contributed by atoms with van der Waals surface area (Å²) < 4.78 is 38.8. The van der Waals surface area contributed by atoms with Gasteiger partial charge in [-0.1, -0.05) is 132 Å². The molecule has 0 aromatic heterocycles. The van der Waals surface area contributed by atoms with Gasteiger partial charge in [0.05, 0.1) is 36.6 Å². The van der Waals surface area contributed by atoms with Gasteiger partial charge in [0.2, 0.25) is 0 Å². The summed E-state index contributed by atoms with van der Waals surface area (Å²) in [6.45, 7) is 29.4. The zero-order valence-corrected chi connectivity index (χ0v) is 49.5. The average molecular weight is 1080 g/mol. The van der Waals surface area contributed by atoms with Crippen molar-refractivity contribution in [1.82, 2.24) is 10.6 Å². The molecule has 0 saturated heterocycles. The minimum Gasteiger partial charge on any atom is -0.491 e. The fourth-order valence-electron chi connectivity index (χ4n) is 9.06. The van der Waals surface area contributed by atoms with Gasteiger partial charge in [-0.2, -0.15) is 0 Å². The van der Waals surface area contributed by atoms with E-state index in [1.54, 1.807) is 14.2 Å². The highest BCUT2D eigenvalue weighted by atomic mass is 32.1. The van der Waals surface area contributed by atoms with Crippen LogP contribution in [0.2, 0.25) is 0 Å². The number of amides is 2. The van der Waals surface area contributed by atoms with Crippen LogP contribution in [0.15, 0.2) is 58.5 Å². The number of fused-ring (bicyclic) bond motifs is 8. The summed E-state index contributed by atoms with van der Waals surface area (Å²) in [5.41, 5.74) is 10.9. The highest BCUT2D eigenvalue weighted by Gasteiger charge is 2.30. The number of carbonyl (C=O) groups excluding carboxylic acids is 2. The molecule has 76 heavy (non-hydrogen) atoms. The molecule has 412 valence electrons. The lowest BCUT2D eigenvalue weighted by Gasteiger charge is -2.29. The average Bonchev–Trinajstić information content (AvgIpc) is 3.34. The minimum atomic E-state index is -0.267. The van der Waals surface area contributed by atoms with Crippen molar-refractivity contribution in [3.8, 4) is 23.0 Å². The highest BCUT2D eigenvalue weighted by molar-refractivity contribution is 7.78. The smallest absolute Gasteiger partial charge is 0.257 e. The number of hydrogen-bond acceptors (Lipinski definition) is 12. The summed E-state index contributed by atoms with van der Waals surface area (Å²) in [5.74, 6) is 2.27. The van der Waals surface area contributed by atoms with E-state index < -0.39 is 0 Å². The van der Waals surface area contributed by atoms with Gasteiger partial charge in [-0.15, -0.1) is 0 Å². The van der Waals surface area contributed by atoms with E-state index in [-0.39, 0.29) is 46.7 Å². The molecule has 4 aromatic rings. The van der Waals surface area contributed by atoms with Crippen molar-refractivity contribution in [2.45, 2.75) is 143 Å². The first-order valence-corrected chi connectivity index (χ1v) is 27.4. The molecule has 0 unspecified atom stereocenters. The molecule has 0 saturated carbocycles. The maximum atomic E-state index is 13.7. The summed E-state index contributed by atoms with van der Waals surface area (Å²) >= 11 is 9.50. The molecule has 0 heterocycles. The number of aliphatic imine (C=N–C) groups is 2. The molecule has 5 rings (SSSR count). The van der Waals surface area contributed by atoms with Crippen LogP contribution < -0.4 is 29.6 Å². The van der Waals surface area contributed by atoms with E-state index in [1.807, 2.05) is 0 Å². The number of isothiocyanates is 2. The van der Waals surface area contributed by atoms with Crippen molar-refractivity contribution in [2.75, 3.05) is 80.0 Å². The number of carbonyl (C=O) groups is 2. The monoisotopic (exact) mass is 1080 g/mol. The topological polar surface area (TPSA) is 138 Å². The van der Waals surface area contributed by atoms with Gasteiger partial charge in [-0.25, -0.2) is 9.98 Å². The molecule has 8 bridgehead atoms. The summed E-state index contributed by atoms with van der Waals surface area (Å²) in [6, 6.07) is 18.0. The number of benzene rings is 4. The van der Waals surface area contributed by atoms with Crippen molar-refractivity contribution in [2.24, 2.45) is 9.98 Å². The number of nitrogens with one attached hydrogen (secondary N) is 2. The van der Waals surface area contributed by atoms with Gasteiger partial charge in [0, 0.05) is 53.0 Å². The van der Waals surface area contributed by atoms with Crippen molar-refractivity contribution in [3.05, 3.63) is 115 Å². The molecular formula is C62H84N4O8S2. The van der Waals surface area contributed by atoms with Crippen LogP contribution in [-0.2, 0) is 66.4 Å². The molecule has 2 N–H and O–H groups in total. The van der Waals surface area contributed by atoms with Gasteiger partial charge in [0.25, 0.3) is 11.8 Å². The van der Waals surface area contributed by atoms with Crippen LogP contribution in [0.5, 0.6) is 23.0 Å². The fraction of sp³-hybridized carbons (Fsp3) is 0.548. The summed E-state index contributed by atoms with van der Waals surface area (Å²) in [5, 5.41) is 10.8. The van der Waals surface area contributed by atoms with Crippen molar-refractivity contribution in [3.63, 3.8) is 0 Å². The Morgan fingerprint density at radius 3 is 0.921 bits per heavy atom. The molecule has 12 nitrogen and oxygen atoms in total. The van der Waals surface area contributed by atoms with E-state index in [1.165, 1.54) is 0 Å². The first-order chi connectivity index (χ1) is 35.9. The maximum Gasteiger partial charge on any atom is 0.257 e. The van der Waals surface area contributed by atoms with Crippen LogP contribution in [0.1, 0.15) is 163 Å². The van der Waals surface area contributed by atoms with Gasteiger partial charge < -0.3 is 39.1 Å². The molecule has 0 atom stereocenters. The molecule has 0 radical (unpaired) electrons. The Morgan fingerprint density at radius 2 is 0.697 bits per heavy atom. The fourth-order valence-corrected chi connectivity index (χ4v) is 9.24. The predicted molar refractivity (Wildman–Crippen MR) is 313 cm³/mol. The van der Waals surface area contributed by atoms with E-state index in [0.29, 0.717) is 103 Å². The Morgan fingerprint density at radius 1 is 0.447 bits per heavy atom. The van der Waals surface area contributed by atoms with E-state index in [2.05, 4.69) is 163 Å². The van der Waals surface area contributed by atoms with Crippen molar-refractivity contribution >= 4 is 46.6 Å². The lowest BCUT2D eigenvalue weighted by Crippen LogP contribution is -2.30. The van der Waals surface area contributed by atoms with Gasteiger partial charge in [-0.3, -0.25) is 9.59 Å². The first-order valence-electron chi connectivity index (χ1n) is 26.6. The summed E-state index contributed by atoms with van der Waals surface area (Å²) in [7, 11) is 3.34. The van der Waals surface area contributed by atoms with E-state index in [4.69, 9.17) is 52.9 Å². The Bertz CT molecular complexity index is 2470. The summed E-state index contributed by atoms with van der Waals surface area (Å²) in [4.78, 5) is 35.4. The lowest BCUT2D eigenvalue weighted by molar-refractivity contribution is -0.123. The third-order valence-corrected chi connectivity index (χ3v) is 13.6. The van der Waals surface area contributed by atoms with Crippen LogP contribution >= 0.6 is 24.4 Å². The maximum absolute atomic E-state index is 13.7. The Hall–Kier alpha value is -5.46. The third kappa shape index (κ3) is 17.8. The van der Waals surface area contributed by atoms with Crippen LogP contribution in [0, 0.1) is 0 Å². The van der Waals surface area contributed by atoms with Crippen LogP contribution in [-0.4, -0.2) is 102 Å². The SMILES string of the molecule is COCCOc1c2cc(C(C)(C)C)cc1Cc1cc(C(C)(C)C)cc(c1OCC(=O)NCCCN=C=S)Cc1cc(C(C)(C)C)cc(c1OCCOC)Cc1cc(C(C)(C)C)cc(c1OCC(=O)NCCCN=C=S)C2. The number of thiocarbonyl (C=S) groups is 2. The second-order valence-electron chi connectivity index (χ2n) is 23.8. The van der Waals surface area contributed by atoms with Gasteiger partial charge in [0.1, 0.15) is 36.2 Å². The van der Waals surface area contributed by atoms with Gasteiger partial charge in [-0.05, 0) is 126 Å². The minimum absolute atomic E-state index is 0.200. The van der Waals surface area contributed by atoms with E-state index in [0.717, 1.165) is 78.3 Å². The van der Waals surface area contributed by atoms with Gasteiger partial charge in [0.15, 0.2) is 13.2 Å². The lowest BCUT2D eigenvalue weighted by atomic mass is 9.79. The van der Waals surface area contributed by atoms with Crippen LogP contribution in [0.3, 0.4) is 0 Å². The van der Waals surface area contributed by atoms with Crippen LogP contribution in [0.4, 0.5) is 0 Å². The molecule has 0 spiro atoms. The second kappa shape index (κ2) is 27.7. The second-order valence-corrected chi connectivity index (χ2v) is 24.2. The molecule has 2 amide bonds. The Balaban J connectivity index is 1.93. The number of methoxy groups -OCH3 is 2.